The Morgan fingerprint density at radius 3 is 2.90 bits per heavy atom. The monoisotopic (exact) mass is 303 g/mol. The summed E-state index contributed by atoms with van der Waals surface area (Å²) in [6.45, 7) is 3.79. The molecule has 0 unspecified atom stereocenters. The number of nitrogens with zero attached hydrogens (tertiary/aromatic N) is 3. The van der Waals surface area contributed by atoms with Gasteiger partial charge in [-0.2, -0.15) is 0 Å². The van der Waals surface area contributed by atoms with E-state index >= 15 is 0 Å². The van der Waals surface area contributed by atoms with Crippen molar-refractivity contribution < 1.29 is 9.72 Å². The predicted molar refractivity (Wildman–Crippen MR) is 79.9 cm³/mol. The van der Waals surface area contributed by atoms with Crippen LogP contribution in [0.5, 0.6) is 0 Å². The van der Waals surface area contributed by atoms with Crippen LogP contribution < -0.4 is 4.90 Å². The molecule has 7 heteroatoms. The lowest BCUT2D eigenvalue weighted by molar-refractivity contribution is -0.384. The Morgan fingerprint density at radius 1 is 1.52 bits per heavy atom. The number of carbonyl (C=O) groups excluding carboxylic acids is 1. The van der Waals surface area contributed by atoms with E-state index in [0.29, 0.717) is 12.1 Å². The number of carbonyl (C=O) groups is 1. The Kier molecular flexibility index (Phi) is 3.21. The Morgan fingerprint density at radius 2 is 2.29 bits per heavy atom. The van der Waals surface area contributed by atoms with Crippen LogP contribution in [0.3, 0.4) is 0 Å². The van der Waals surface area contributed by atoms with Crippen molar-refractivity contribution in [3.8, 4) is 0 Å². The van der Waals surface area contributed by atoms with Gasteiger partial charge in [0.25, 0.3) is 11.6 Å². The van der Waals surface area contributed by atoms with Crippen molar-refractivity contribution in [3.05, 3.63) is 50.0 Å². The minimum absolute atomic E-state index is 0.0310. The quantitative estimate of drug-likeness (QED) is 0.631. The smallest absolute Gasteiger partial charge is 0.278 e. The normalized spacial score (nSPS) is 16.9. The zero-order valence-electron chi connectivity index (χ0n) is 11.6. The maximum Gasteiger partial charge on any atom is 0.278 e. The third-order valence-corrected chi connectivity index (χ3v) is 4.32. The summed E-state index contributed by atoms with van der Waals surface area (Å²) in [7, 11) is 0. The number of aromatic nitrogens is 1. The van der Waals surface area contributed by atoms with E-state index < -0.39 is 4.92 Å². The fourth-order valence-electron chi connectivity index (χ4n) is 2.63. The Balaban J connectivity index is 1.99. The molecule has 0 radical (unpaired) electrons. The molecule has 1 aliphatic rings. The number of amides is 1. The van der Waals surface area contributed by atoms with Gasteiger partial charge in [-0.1, -0.05) is 0 Å². The van der Waals surface area contributed by atoms with Gasteiger partial charge in [-0.15, -0.1) is 11.3 Å². The third kappa shape index (κ3) is 2.29. The van der Waals surface area contributed by atoms with Gasteiger partial charge in [-0.05, 0) is 31.9 Å². The lowest BCUT2D eigenvalue weighted by Crippen LogP contribution is -2.35. The summed E-state index contributed by atoms with van der Waals surface area (Å²) in [5.74, 6) is -0.153. The molecule has 6 nitrogen and oxygen atoms in total. The number of hydrogen-bond acceptors (Lipinski definition) is 5. The van der Waals surface area contributed by atoms with E-state index in [0.717, 1.165) is 16.3 Å². The first-order chi connectivity index (χ1) is 9.97. The highest BCUT2D eigenvalue weighted by Crippen LogP contribution is 2.35. The van der Waals surface area contributed by atoms with E-state index in [4.69, 9.17) is 0 Å². The predicted octanol–water partition coefficient (Wildman–Crippen LogP) is 2.95. The van der Waals surface area contributed by atoms with Crippen molar-refractivity contribution in [2.75, 3.05) is 4.90 Å². The number of thiazole rings is 1. The van der Waals surface area contributed by atoms with Crippen LogP contribution in [0.25, 0.3) is 0 Å². The van der Waals surface area contributed by atoms with E-state index in [-0.39, 0.29) is 17.6 Å². The molecule has 0 saturated carbocycles. The Bertz CT molecular complexity index is 741. The number of non-ortho nitro benzene ring substituents is 1. The van der Waals surface area contributed by atoms with E-state index in [1.807, 2.05) is 13.8 Å². The maximum atomic E-state index is 12.6. The highest BCUT2D eigenvalue weighted by Gasteiger charge is 2.33. The summed E-state index contributed by atoms with van der Waals surface area (Å²) in [5, 5.41) is 13.4. The van der Waals surface area contributed by atoms with Gasteiger partial charge in [0.1, 0.15) is 5.69 Å². The standard InChI is InChI=1S/C14H13N3O3S/c1-8-5-10-6-11(17(19)20)3-4-13(10)16(8)14(18)12-7-21-9(2)15-12/h3-4,6-8H,5H2,1-2H3/t8-/m1/s1. The molecule has 108 valence electrons. The van der Waals surface area contributed by atoms with Crippen molar-refractivity contribution in [1.29, 1.82) is 0 Å². The van der Waals surface area contributed by atoms with Crippen LogP contribution >= 0.6 is 11.3 Å². The fraction of sp³-hybridized carbons (Fsp3) is 0.286. The van der Waals surface area contributed by atoms with E-state index in [2.05, 4.69) is 4.98 Å². The van der Waals surface area contributed by atoms with Crippen LogP contribution in [0.2, 0.25) is 0 Å². The summed E-state index contributed by atoms with van der Waals surface area (Å²) in [6, 6.07) is 4.60. The topological polar surface area (TPSA) is 76.3 Å². The first-order valence-corrected chi connectivity index (χ1v) is 7.38. The Hall–Kier alpha value is -2.28. The van der Waals surface area contributed by atoms with Gasteiger partial charge in [0.2, 0.25) is 0 Å². The molecule has 3 rings (SSSR count). The molecule has 21 heavy (non-hydrogen) atoms. The van der Waals surface area contributed by atoms with Crippen LogP contribution in [0.4, 0.5) is 11.4 Å². The molecule has 1 aromatic carbocycles. The molecule has 1 aromatic heterocycles. The number of benzene rings is 1. The molecule has 1 amide bonds. The molecule has 2 aromatic rings. The molecule has 0 N–H and O–H groups in total. The number of aryl methyl sites for hydroxylation is 1. The van der Waals surface area contributed by atoms with E-state index in [1.54, 1.807) is 22.4 Å². The molecular formula is C14H13N3O3S. The van der Waals surface area contributed by atoms with Gasteiger partial charge in [0.15, 0.2) is 0 Å². The summed E-state index contributed by atoms with van der Waals surface area (Å²) in [4.78, 5) is 28.9. The van der Waals surface area contributed by atoms with Crippen molar-refractivity contribution in [1.82, 2.24) is 4.98 Å². The van der Waals surface area contributed by atoms with Crippen LogP contribution in [-0.4, -0.2) is 21.9 Å². The first kappa shape index (κ1) is 13.7. The number of rotatable bonds is 2. The number of anilines is 1. The van der Waals surface area contributed by atoms with Crippen molar-refractivity contribution in [3.63, 3.8) is 0 Å². The van der Waals surface area contributed by atoms with Gasteiger partial charge >= 0.3 is 0 Å². The number of nitro benzene ring substituents is 1. The fourth-order valence-corrected chi connectivity index (χ4v) is 3.21. The van der Waals surface area contributed by atoms with E-state index in [9.17, 15) is 14.9 Å². The largest absolute Gasteiger partial charge is 0.304 e. The second-order valence-corrected chi connectivity index (χ2v) is 6.11. The lowest BCUT2D eigenvalue weighted by Gasteiger charge is -2.21. The molecule has 1 aliphatic heterocycles. The number of hydrogen-bond donors (Lipinski definition) is 0. The molecule has 2 heterocycles. The first-order valence-electron chi connectivity index (χ1n) is 6.50. The van der Waals surface area contributed by atoms with Crippen molar-refractivity contribution in [2.45, 2.75) is 26.3 Å². The van der Waals surface area contributed by atoms with Gasteiger partial charge in [0, 0.05) is 29.2 Å². The number of nitro groups is 1. The molecule has 0 aliphatic carbocycles. The van der Waals surface area contributed by atoms with Crippen LogP contribution in [0.15, 0.2) is 23.6 Å². The third-order valence-electron chi connectivity index (χ3n) is 3.55. The van der Waals surface area contributed by atoms with Gasteiger partial charge in [-0.3, -0.25) is 14.9 Å². The Labute approximate surface area is 125 Å². The van der Waals surface area contributed by atoms with Gasteiger partial charge < -0.3 is 4.90 Å². The molecule has 0 spiro atoms. The van der Waals surface area contributed by atoms with Crippen molar-refractivity contribution in [2.24, 2.45) is 0 Å². The summed E-state index contributed by atoms with van der Waals surface area (Å²) in [6.07, 6.45) is 0.617. The number of fused-ring (bicyclic) bond motifs is 1. The SMILES string of the molecule is Cc1nc(C(=O)N2c3ccc([N+](=O)[O-])cc3C[C@H]2C)cs1. The minimum Gasteiger partial charge on any atom is -0.304 e. The van der Waals surface area contributed by atoms with Gasteiger partial charge in [-0.25, -0.2) is 4.98 Å². The average Bonchev–Trinajstić information content (AvgIpc) is 2.99. The second-order valence-electron chi connectivity index (χ2n) is 5.05. The summed E-state index contributed by atoms with van der Waals surface area (Å²) < 4.78 is 0. The average molecular weight is 303 g/mol. The highest BCUT2D eigenvalue weighted by molar-refractivity contribution is 7.09. The van der Waals surface area contributed by atoms with Crippen molar-refractivity contribution >= 4 is 28.6 Å². The minimum atomic E-state index is -0.417. The molecule has 0 fully saturated rings. The molecule has 1 atom stereocenters. The molecule has 0 saturated heterocycles. The van der Waals surface area contributed by atoms with Crippen LogP contribution in [-0.2, 0) is 6.42 Å². The maximum absolute atomic E-state index is 12.6. The lowest BCUT2D eigenvalue weighted by atomic mass is 10.1. The van der Waals surface area contributed by atoms with Crippen LogP contribution in [0, 0.1) is 17.0 Å². The summed E-state index contributed by atoms with van der Waals surface area (Å²) in [5.41, 5.74) is 2.05. The molecule has 0 bridgehead atoms. The second kappa shape index (κ2) is 4.92. The molecular weight excluding hydrogens is 290 g/mol. The van der Waals surface area contributed by atoms with Crippen LogP contribution in [0.1, 0.15) is 28.0 Å². The highest BCUT2D eigenvalue weighted by atomic mass is 32.1. The zero-order chi connectivity index (χ0) is 15.1. The van der Waals surface area contributed by atoms with Gasteiger partial charge in [0.05, 0.1) is 9.93 Å². The summed E-state index contributed by atoms with van der Waals surface area (Å²) >= 11 is 1.43. The zero-order valence-corrected chi connectivity index (χ0v) is 12.4. The van der Waals surface area contributed by atoms with E-state index in [1.165, 1.54) is 17.4 Å².